The van der Waals surface area contributed by atoms with Gasteiger partial charge in [-0.05, 0) is 49.8 Å². The van der Waals surface area contributed by atoms with Crippen molar-refractivity contribution in [1.29, 1.82) is 0 Å². The van der Waals surface area contributed by atoms with E-state index in [1.807, 2.05) is 0 Å². The molecule has 1 atom stereocenters. The summed E-state index contributed by atoms with van der Waals surface area (Å²) in [4.78, 5) is 2.30. The van der Waals surface area contributed by atoms with E-state index in [4.69, 9.17) is 0 Å². The number of rotatable bonds is 4. The Bertz CT molecular complexity index is 440. The van der Waals surface area contributed by atoms with E-state index in [0.717, 1.165) is 18.8 Å². The Kier molecular flexibility index (Phi) is 4.14. The molecule has 2 rings (SSSR count). The van der Waals surface area contributed by atoms with E-state index in [1.165, 1.54) is 31.4 Å². The van der Waals surface area contributed by atoms with Crippen molar-refractivity contribution in [3.05, 3.63) is 29.6 Å². The molecule has 19 heavy (non-hydrogen) atoms. The lowest BCUT2D eigenvalue weighted by Crippen LogP contribution is -2.27. The summed E-state index contributed by atoms with van der Waals surface area (Å²) in [5, 5.41) is 9.84. The van der Waals surface area contributed by atoms with Crippen LogP contribution in [0.1, 0.15) is 51.7 Å². The summed E-state index contributed by atoms with van der Waals surface area (Å²) in [5.41, 5.74) is 2.06. The average Bonchev–Trinajstić information content (AvgIpc) is 2.83. The van der Waals surface area contributed by atoms with Crippen LogP contribution in [0.4, 0.5) is 10.1 Å². The van der Waals surface area contributed by atoms with E-state index in [9.17, 15) is 9.50 Å². The highest BCUT2D eigenvalue weighted by Gasteiger charge is 2.35. The number of halogens is 1. The molecular formula is C16H24FNO. The van der Waals surface area contributed by atoms with E-state index in [1.54, 1.807) is 13.0 Å². The molecule has 1 aliphatic heterocycles. The van der Waals surface area contributed by atoms with Gasteiger partial charge < -0.3 is 10.0 Å². The number of aliphatic hydroxyl groups is 1. The van der Waals surface area contributed by atoms with E-state index in [2.05, 4.69) is 18.7 Å². The first kappa shape index (κ1) is 14.3. The first-order chi connectivity index (χ1) is 9.01. The molecule has 106 valence electrons. The third kappa shape index (κ3) is 2.76. The molecule has 1 aromatic carbocycles. The first-order valence-corrected chi connectivity index (χ1v) is 7.24. The zero-order chi connectivity index (χ0) is 14.0. The third-order valence-electron chi connectivity index (χ3n) is 4.72. The van der Waals surface area contributed by atoms with Crippen molar-refractivity contribution in [2.75, 3.05) is 18.0 Å². The molecule has 3 heteroatoms. The molecule has 1 N–H and O–H groups in total. The summed E-state index contributed by atoms with van der Waals surface area (Å²) in [6.07, 6.45) is 2.89. The van der Waals surface area contributed by atoms with Crippen molar-refractivity contribution in [3.63, 3.8) is 0 Å². The van der Waals surface area contributed by atoms with Crippen LogP contribution in [0.5, 0.6) is 0 Å². The highest BCUT2D eigenvalue weighted by atomic mass is 19.1. The largest absolute Gasteiger partial charge is 0.389 e. The molecule has 0 bridgehead atoms. The van der Waals surface area contributed by atoms with E-state index < -0.39 is 6.10 Å². The minimum absolute atomic E-state index is 0.281. The van der Waals surface area contributed by atoms with Crippen LogP contribution in [0.15, 0.2) is 18.2 Å². The maximum absolute atomic E-state index is 13.3. The summed E-state index contributed by atoms with van der Waals surface area (Å²) >= 11 is 0. The molecule has 1 saturated heterocycles. The second-order valence-electron chi connectivity index (χ2n) is 5.76. The number of benzene rings is 1. The van der Waals surface area contributed by atoms with Gasteiger partial charge >= 0.3 is 0 Å². The Morgan fingerprint density at radius 3 is 2.58 bits per heavy atom. The van der Waals surface area contributed by atoms with E-state index in [0.29, 0.717) is 11.0 Å². The molecule has 1 unspecified atom stereocenters. The van der Waals surface area contributed by atoms with Crippen molar-refractivity contribution in [3.8, 4) is 0 Å². The van der Waals surface area contributed by atoms with Gasteiger partial charge in [0.05, 0.1) is 6.10 Å². The smallest absolute Gasteiger partial charge is 0.123 e. The molecule has 0 aliphatic carbocycles. The Morgan fingerprint density at radius 2 is 2.05 bits per heavy atom. The van der Waals surface area contributed by atoms with Gasteiger partial charge in [0.25, 0.3) is 0 Å². The second-order valence-corrected chi connectivity index (χ2v) is 5.76. The van der Waals surface area contributed by atoms with E-state index in [-0.39, 0.29) is 5.82 Å². The Hall–Kier alpha value is -1.09. The fraction of sp³-hybridized carbons (Fsp3) is 0.625. The lowest BCUT2D eigenvalue weighted by Gasteiger charge is -2.28. The van der Waals surface area contributed by atoms with Crippen LogP contribution in [0.2, 0.25) is 0 Å². The average molecular weight is 265 g/mol. The van der Waals surface area contributed by atoms with Gasteiger partial charge in [0.2, 0.25) is 0 Å². The minimum Gasteiger partial charge on any atom is -0.389 e. The molecule has 0 saturated carbocycles. The van der Waals surface area contributed by atoms with Gasteiger partial charge in [0.1, 0.15) is 5.82 Å². The summed E-state index contributed by atoms with van der Waals surface area (Å²) in [6, 6.07) is 4.75. The van der Waals surface area contributed by atoms with E-state index >= 15 is 0 Å². The monoisotopic (exact) mass is 265 g/mol. The third-order valence-corrected chi connectivity index (χ3v) is 4.72. The highest BCUT2D eigenvalue weighted by molar-refractivity contribution is 5.55. The van der Waals surface area contributed by atoms with Crippen molar-refractivity contribution in [1.82, 2.24) is 0 Å². The lowest BCUT2D eigenvalue weighted by atomic mass is 9.82. The number of hydrogen-bond acceptors (Lipinski definition) is 2. The molecule has 1 aliphatic rings. The normalized spacial score (nSPS) is 19.7. The van der Waals surface area contributed by atoms with Crippen molar-refractivity contribution < 1.29 is 9.50 Å². The lowest BCUT2D eigenvalue weighted by molar-refractivity contribution is 0.199. The van der Waals surface area contributed by atoms with Crippen LogP contribution in [-0.4, -0.2) is 18.2 Å². The summed E-state index contributed by atoms with van der Waals surface area (Å²) in [6.45, 7) is 8.18. The predicted octanol–water partition coefficient (Wildman–Crippen LogP) is 3.90. The van der Waals surface area contributed by atoms with Crippen LogP contribution < -0.4 is 4.90 Å². The van der Waals surface area contributed by atoms with Crippen LogP contribution in [0, 0.1) is 11.2 Å². The fourth-order valence-electron chi connectivity index (χ4n) is 3.12. The quantitative estimate of drug-likeness (QED) is 0.892. The second kappa shape index (κ2) is 5.49. The van der Waals surface area contributed by atoms with Crippen LogP contribution >= 0.6 is 0 Å². The summed E-state index contributed by atoms with van der Waals surface area (Å²) in [7, 11) is 0. The Labute approximate surface area is 115 Å². The first-order valence-electron chi connectivity index (χ1n) is 7.24. The molecular weight excluding hydrogens is 241 g/mol. The minimum atomic E-state index is -0.635. The van der Waals surface area contributed by atoms with Crippen molar-refractivity contribution in [2.45, 2.75) is 46.1 Å². The molecule has 0 amide bonds. The zero-order valence-electron chi connectivity index (χ0n) is 12.1. The van der Waals surface area contributed by atoms with Gasteiger partial charge in [0.15, 0.2) is 0 Å². The number of anilines is 1. The maximum Gasteiger partial charge on any atom is 0.123 e. The molecule has 1 fully saturated rings. The molecule has 1 aromatic rings. The molecule has 0 radical (unpaired) electrons. The zero-order valence-corrected chi connectivity index (χ0v) is 12.1. The number of aliphatic hydroxyl groups excluding tert-OH is 1. The maximum atomic E-state index is 13.3. The van der Waals surface area contributed by atoms with Gasteiger partial charge in [-0.1, -0.05) is 13.8 Å². The molecule has 0 aromatic heterocycles. The topological polar surface area (TPSA) is 23.5 Å². The highest BCUT2D eigenvalue weighted by Crippen LogP contribution is 2.40. The molecule has 0 spiro atoms. The Balaban J connectivity index is 2.29. The van der Waals surface area contributed by atoms with Gasteiger partial charge in [0, 0.05) is 24.3 Å². The van der Waals surface area contributed by atoms with Crippen molar-refractivity contribution >= 4 is 5.69 Å². The number of nitrogens with zero attached hydrogens (tertiary/aromatic N) is 1. The van der Waals surface area contributed by atoms with Crippen LogP contribution in [0.3, 0.4) is 0 Å². The summed E-state index contributed by atoms with van der Waals surface area (Å²) < 4.78 is 13.3. The fourth-order valence-corrected chi connectivity index (χ4v) is 3.12. The van der Waals surface area contributed by atoms with Gasteiger partial charge in [-0.15, -0.1) is 0 Å². The van der Waals surface area contributed by atoms with Crippen LogP contribution in [-0.2, 0) is 0 Å². The standard InChI is InChI=1S/C16H24FNO/c1-4-16(5-2)8-9-18(11-16)15-7-6-13(17)10-14(15)12(3)19/h6-7,10,12,19H,4-5,8-9,11H2,1-3H3. The molecule has 2 nitrogen and oxygen atoms in total. The van der Waals surface area contributed by atoms with Gasteiger partial charge in [-0.3, -0.25) is 0 Å². The van der Waals surface area contributed by atoms with Crippen LogP contribution in [0.25, 0.3) is 0 Å². The predicted molar refractivity (Wildman–Crippen MR) is 76.9 cm³/mol. The SMILES string of the molecule is CCC1(CC)CCN(c2ccc(F)cc2C(C)O)C1. The Morgan fingerprint density at radius 1 is 1.37 bits per heavy atom. The number of hydrogen-bond donors (Lipinski definition) is 1. The van der Waals surface area contributed by atoms with Gasteiger partial charge in [-0.2, -0.15) is 0 Å². The van der Waals surface area contributed by atoms with Gasteiger partial charge in [-0.25, -0.2) is 4.39 Å². The van der Waals surface area contributed by atoms with Crippen molar-refractivity contribution in [2.24, 2.45) is 5.41 Å². The molecule has 1 heterocycles. The summed E-state index contributed by atoms with van der Waals surface area (Å²) in [5.74, 6) is -0.281.